The summed E-state index contributed by atoms with van der Waals surface area (Å²) in [6, 6.07) is 8.84. The van der Waals surface area contributed by atoms with Crippen LogP contribution in [0.3, 0.4) is 0 Å². The van der Waals surface area contributed by atoms with Crippen molar-refractivity contribution in [1.29, 1.82) is 0 Å². The molecule has 1 aromatic carbocycles. The van der Waals surface area contributed by atoms with Crippen molar-refractivity contribution in [2.45, 2.75) is 6.54 Å². The Morgan fingerprint density at radius 1 is 1.28 bits per heavy atom. The summed E-state index contributed by atoms with van der Waals surface area (Å²) in [6.45, 7) is 0.466. The molecule has 0 saturated heterocycles. The summed E-state index contributed by atoms with van der Waals surface area (Å²) in [6.07, 6.45) is 3.39. The first kappa shape index (κ1) is 12.6. The number of amides is 1. The van der Waals surface area contributed by atoms with Gasteiger partial charge in [0.2, 0.25) is 0 Å². The van der Waals surface area contributed by atoms with Gasteiger partial charge in [0.15, 0.2) is 0 Å². The van der Waals surface area contributed by atoms with E-state index in [-0.39, 0.29) is 5.91 Å². The molecule has 0 spiro atoms. The number of aromatic nitrogens is 1. The molecule has 0 bridgehead atoms. The minimum Gasteiger partial charge on any atom is -0.399 e. The number of hydrogen-bond acceptors (Lipinski definition) is 3. The van der Waals surface area contributed by atoms with Crippen LogP contribution in [0.25, 0.3) is 0 Å². The fourth-order valence-electron chi connectivity index (χ4n) is 1.53. The molecule has 0 aliphatic carbocycles. The summed E-state index contributed by atoms with van der Waals surface area (Å²) in [7, 11) is 0. The number of halogens is 1. The van der Waals surface area contributed by atoms with Crippen LogP contribution in [0.5, 0.6) is 0 Å². The second-order valence-electron chi connectivity index (χ2n) is 3.81. The Labute approximate surface area is 113 Å². The molecule has 92 valence electrons. The van der Waals surface area contributed by atoms with Gasteiger partial charge in [-0.3, -0.25) is 9.78 Å². The lowest BCUT2D eigenvalue weighted by molar-refractivity contribution is 0.0951. The molecule has 4 nitrogen and oxygen atoms in total. The molecule has 0 fully saturated rings. The summed E-state index contributed by atoms with van der Waals surface area (Å²) in [5.74, 6) is -0.153. The Morgan fingerprint density at radius 3 is 2.67 bits per heavy atom. The minimum absolute atomic E-state index is 0.153. The molecule has 18 heavy (non-hydrogen) atoms. The zero-order chi connectivity index (χ0) is 13.0. The molecule has 0 saturated carbocycles. The summed E-state index contributed by atoms with van der Waals surface area (Å²) >= 11 is 3.31. The molecule has 0 radical (unpaired) electrons. The number of hydrogen-bond donors (Lipinski definition) is 2. The highest BCUT2D eigenvalue weighted by Crippen LogP contribution is 2.17. The van der Waals surface area contributed by atoms with Crippen molar-refractivity contribution in [3.63, 3.8) is 0 Å². The molecule has 1 amide bonds. The number of carbonyl (C=O) groups excluding carboxylic acids is 1. The Morgan fingerprint density at radius 2 is 2.00 bits per heavy atom. The lowest BCUT2D eigenvalue weighted by Gasteiger charge is -2.06. The number of nitrogens with two attached hydrogens (primary N) is 1. The molecular formula is C13H12BrN3O. The van der Waals surface area contributed by atoms with E-state index in [1.54, 1.807) is 30.6 Å². The topological polar surface area (TPSA) is 68.0 Å². The van der Waals surface area contributed by atoms with Crippen LogP contribution < -0.4 is 11.1 Å². The largest absolute Gasteiger partial charge is 0.399 e. The SMILES string of the molecule is Nc1cc(Br)cc(C(=O)NCc2ccncc2)c1. The first-order valence-corrected chi connectivity index (χ1v) is 6.17. The average molecular weight is 306 g/mol. The Bertz CT molecular complexity index is 537. The molecule has 0 aliphatic rings. The fourth-order valence-corrected chi connectivity index (χ4v) is 2.04. The maximum absolute atomic E-state index is 11.9. The van der Waals surface area contributed by atoms with Gasteiger partial charge in [0.05, 0.1) is 0 Å². The van der Waals surface area contributed by atoms with Crippen LogP contribution in [0.2, 0.25) is 0 Å². The van der Waals surface area contributed by atoms with E-state index in [0.717, 1.165) is 10.0 Å². The predicted molar refractivity (Wildman–Crippen MR) is 74.0 cm³/mol. The maximum Gasteiger partial charge on any atom is 0.251 e. The number of carbonyl (C=O) groups is 1. The lowest BCUT2D eigenvalue weighted by atomic mass is 10.2. The van der Waals surface area contributed by atoms with Crippen molar-refractivity contribution >= 4 is 27.5 Å². The third kappa shape index (κ3) is 3.30. The van der Waals surface area contributed by atoms with E-state index in [1.165, 1.54) is 0 Å². The normalized spacial score (nSPS) is 10.1. The predicted octanol–water partition coefficient (Wildman–Crippen LogP) is 2.36. The van der Waals surface area contributed by atoms with Gasteiger partial charge in [0.25, 0.3) is 5.91 Å². The van der Waals surface area contributed by atoms with E-state index in [9.17, 15) is 4.79 Å². The Kier molecular flexibility index (Phi) is 3.94. The van der Waals surface area contributed by atoms with Crippen molar-refractivity contribution in [2.75, 3.05) is 5.73 Å². The van der Waals surface area contributed by atoms with Crippen molar-refractivity contribution in [3.05, 3.63) is 58.3 Å². The van der Waals surface area contributed by atoms with Gasteiger partial charge in [-0.15, -0.1) is 0 Å². The average Bonchev–Trinajstić information content (AvgIpc) is 2.36. The third-order valence-electron chi connectivity index (χ3n) is 2.38. The van der Waals surface area contributed by atoms with Gasteiger partial charge in [0, 0.05) is 34.7 Å². The van der Waals surface area contributed by atoms with E-state index < -0.39 is 0 Å². The summed E-state index contributed by atoms with van der Waals surface area (Å²) in [4.78, 5) is 15.8. The van der Waals surface area contributed by atoms with Crippen LogP contribution in [0.15, 0.2) is 47.2 Å². The third-order valence-corrected chi connectivity index (χ3v) is 2.84. The van der Waals surface area contributed by atoms with E-state index in [2.05, 4.69) is 26.2 Å². The van der Waals surface area contributed by atoms with Crippen molar-refractivity contribution in [2.24, 2.45) is 0 Å². The second kappa shape index (κ2) is 5.64. The maximum atomic E-state index is 11.9. The van der Waals surface area contributed by atoms with Crippen molar-refractivity contribution in [3.8, 4) is 0 Å². The number of benzene rings is 1. The molecule has 0 aliphatic heterocycles. The smallest absolute Gasteiger partial charge is 0.251 e. The first-order chi connectivity index (χ1) is 8.65. The van der Waals surface area contributed by atoms with Crippen LogP contribution in [0.4, 0.5) is 5.69 Å². The fraction of sp³-hybridized carbons (Fsp3) is 0.0769. The van der Waals surface area contributed by atoms with Gasteiger partial charge in [-0.2, -0.15) is 0 Å². The van der Waals surface area contributed by atoms with Crippen molar-refractivity contribution < 1.29 is 4.79 Å². The number of pyridine rings is 1. The number of anilines is 1. The van der Waals surface area contributed by atoms with E-state index in [1.807, 2.05) is 12.1 Å². The van der Waals surface area contributed by atoms with E-state index in [0.29, 0.717) is 17.8 Å². The number of nitrogens with one attached hydrogen (secondary N) is 1. The summed E-state index contributed by atoms with van der Waals surface area (Å²) < 4.78 is 0.788. The van der Waals surface area contributed by atoms with Crippen LogP contribution in [-0.4, -0.2) is 10.9 Å². The number of nitrogens with zero attached hydrogens (tertiary/aromatic N) is 1. The summed E-state index contributed by atoms with van der Waals surface area (Å²) in [5.41, 5.74) is 7.78. The van der Waals surface area contributed by atoms with Gasteiger partial charge in [-0.25, -0.2) is 0 Å². The molecule has 0 atom stereocenters. The molecule has 5 heteroatoms. The molecule has 0 unspecified atom stereocenters. The zero-order valence-electron chi connectivity index (χ0n) is 9.56. The molecule has 1 aromatic heterocycles. The molecule has 1 heterocycles. The standard InChI is InChI=1S/C13H12BrN3O/c14-11-5-10(6-12(15)7-11)13(18)17-8-9-1-3-16-4-2-9/h1-7H,8,15H2,(H,17,18). The highest BCUT2D eigenvalue weighted by Gasteiger charge is 2.06. The van der Waals surface area contributed by atoms with Gasteiger partial charge >= 0.3 is 0 Å². The molecule has 3 N–H and O–H groups in total. The number of nitrogen functional groups attached to an aromatic ring is 1. The summed E-state index contributed by atoms with van der Waals surface area (Å²) in [5, 5.41) is 2.83. The van der Waals surface area contributed by atoms with Gasteiger partial charge < -0.3 is 11.1 Å². The van der Waals surface area contributed by atoms with Crippen LogP contribution >= 0.6 is 15.9 Å². The van der Waals surface area contributed by atoms with Gasteiger partial charge in [-0.1, -0.05) is 15.9 Å². The Hall–Kier alpha value is -1.88. The highest BCUT2D eigenvalue weighted by molar-refractivity contribution is 9.10. The molecule has 2 aromatic rings. The lowest BCUT2D eigenvalue weighted by Crippen LogP contribution is -2.22. The zero-order valence-corrected chi connectivity index (χ0v) is 11.1. The van der Waals surface area contributed by atoms with Gasteiger partial charge in [0.1, 0.15) is 0 Å². The quantitative estimate of drug-likeness (QED) is 0.855. The minimum atomic E-state index is -0.153. The van der Waals surface area contributed by atoms with Crippen LogP contribution in [0, 0.1) is 0 Å². The Balaban J connectivity index is 2.04. The van der Waals surface area contributed by atoms with Crippen molar-refractivity contribution in [1.82, 2.24) is 10.3 Å². The van der Waals surface area contributed by atoms with Crippen LogP contribution in [0.1, 0.15) is 15.9 Å². The van der Waals surface area contributed by atoms with Crippen LogP contribution in [-0.2, 0) is 6.54 Å². The molecule has 2 rings (SSSR count). The monoisotopic (exact) mass is 305 g/mol. The van der Waals surface area contributed by atoms with Gasteiger partial charge in [-0.05, 0) is 35.9 Å². The molecular weight excluding hydrogens is 294 g/mol. The number of rotatable bonds is 3. The second-order valence-corrected chi connectivity index (χ2v) is 4.73. The highest BCUT2D eigenvalue weighted by atomic mass is 79.9. The van der Waals surface area contributed by atoms with E-state index in [4.69, 9.17) is 5.73 Å². The first-order valence-electron chi connectivity index (χ1n) is 5.38. The van der Waals surface area contributed by atoms with E-state index >= 15 is 0 Å².